The van der Waals surface area contributed by atoms with E-state index in [0.29, 0.717) is 23.9 Å². The lowest BCUT2D eigenvalue weighted by Gasteiger charge is -2.30. The van der Waals surface area contributed by atoms with Gasteiger partial charge in [0.2, 0.25) is 5.91 Å². The van der Waals surface area contributed by atoms with Crippen LogP contribution in [0.4, 0.5) is 0 Å². The molecule has 0 saturated heterocycles. The molecule has 18 heavy (non-hydrogen) atoms. The predicted molar refractivity (Wildman–Crippen MR) is 72.2 cm³/mol. The van der Waals surface area contributed by atoms with E-state index in [4.69, 9.17) is 0 Å². The Hall–Kier alpha value is -0.570. The number of carbonyl (C=O) groups excluding carboxylic acids is 1. The molecule has 3 rings (SSSR count). The van der Waals surface area contributed by atoms with Gasteiger partial charge in [-0.05, 0) is 63.3 Å². The molecule has 3 heteroatoms. The molecule has 3 aliphatic rings. The molecule has 0 radical (unpaired) electrons. The molecule has 2 unspecified atom stereocenters. The Balaban J connectivity index is 1.39. The SMILES string of the molecule is CCNC1CCC(NC(=O)C2CC3CC3C2)CC1. The molecule has 3 fully saturated rings. The van der Waals surface area contributed by atoms with Gasteiger partial charge in [-0.25, -0.2) is 0 Å². The first-order valence-corrected chi connectivity index (χ1v) is 7.80. The van der Waals surface area contributed by atoms with Gasteiger partial charge in [0, 0.05) is 18.0 Å². The molecule has 102 valence electrons. The van der Waals surface area contributed by atoms with Gasteiger partial charge in [-0.1, -0.05) is 6.92 Å². The Kier molecular flexibility index (Phi) is 3.60. The Morgan fingerprint density at radius 2 is 1.61 bits per heavy atom. The minimum atomic E-state index is 0.347. The largest absolute Gasteiger partial charge is 0.353 e. The molecule has 1 amide bonds. The number of nitrogens with one attached hydrogen (secondary N) is 2. The summed E-state index contributed by atoms with van der Waals surface area (Å²) in [7, 11) is 0. The van der Waals surface area contributed by atoms with Gasteiger partial charge in [0.25, 0.3) is 0 Å². The summed E-state index contributed by atoms with van der Waals surface area (Å²) in [6, 6.07) is 1.13. The fourth-order valence-corrected chi connectivity index (χ4v) is 3.98. The molecule has 0 bridgehead atoms. The highest BCUT2D eigenvalue weighted by molar-refractivity contribution is 5.79. The summed E-state index contributed by atoms with van der Waals surface area (Å²) in [5, 5.41) is 6.81. The minimum absolute atomic E-state index is 0.347. The van der Waals surface area contributed by atoms with Gasteiger partial charge in [0.15, 0.2) is 0 Å². The van der Waals surface area contributed by atoms with Crippen LogP contribution in [0.5, 0.6) is 0 Å². The number of rotatable bonds is 4. The molecule has 0 heterocycles. The molecule has 0 aromatic heterocycles. The van der Waals surface area contributed by atoms with E-state index in [1.54, 1.807) is 0 Å². The Labute approximate surface area is 110 Å². The maximum absolute atomic E-state index is 12.2. The molecule has 2 atom stereocenters. The third-order valence-corrected chi connectivity index (χ3v) is 5.18. The molecule has 3 aliphatic carbocycles. The highest BCUT2D eigenvalue weighted by atomic mass is 16.1. The van der Waals surface area contributed by atoms with Crippen LogP contribution in [0.2, 0.25) is 0 Å². The van der Waals surface area contributed by atoms with Crippen LogP contribution in [0.3, 0.4) is 0 Å². The standard InChI is InChI=1S/C15H26N2O/c1-2-16-13-3-5-14(6-4-13)17-15(18)12-8-10-7-11(10)9-12/h10-14,16H,2-9H2,1H3,(H,17,18). The van der Waals surface area contributed by atoms with Gasteiger partial charge >= 0.3 is 0 Å². The first kappa shape index (κ1) is 12.5. The third kappa shape index (κ3) is 2.71. The summed E-state index contributed by atoms with van der Waals surface area (Å²) in [6.45, 7) is 3.23. The second-order valence-corrected chi connectivity index (χ2v) is 6.54. The van der Waals surface area contributed by atoms with Crippen LogP contribution in [0.15, 0.2) is 0 Å². The average molecular weight is 250 g/mol. The highest BCUT2D eigenvalue weighted by Crippen LogP contribution is 2.54. The number of carbonyl (C=O) groups is 1. The van der Waals surface area contributed by atoms with E-state index in [9.17, 15) is 4.79 Å². The van der Waals surface area contributed by atoms with Crippen LogP contribution in [0, 0.1) is 17.8 Å². The summed E-state index contributed by atoms with van der Waals surface area (Å²) < 4.78 is 0. The van der Waals surface area contributed by atoms with Crippen LogP contribution in [-0.4, -0.2) is 24.5 Å². The van der Waals surface area contributed by atoms with E-state index < -0.39 is 0 Å². The topological polar surface area (TPSA) is 41.1 Å². The Morgan fingerprint density at radius 3 is 2.22 bits per heavy atom. The van der Waals surface area contributed by atoms with Crippen molar-refractivity contribution in [3.8, 4) is 0 Å². The zero-order chi connectivity index (χ0) is 12.5. The summed E-state index contributed by atoms with van der Waals surface area (Å²) in [4.78, 5) is 12.2. The van der Waals surface area contributed by atoms with Crippen molar-refractivity contribution in [3.05, 3.63) is 0 Å². The number of hydrogen-bond donors (Lipinski definition) is 2. The second kappa shape index (κ2) is 5.20. The first-order valence-electron chi connectivity index (χ1n) is 7.80. The van der Waals surface area contributed by atoms with Gasteiger partial charge in [-0.3, -0.25) is 4.79 Å². The van der Waals surface area contributed by atoms with Gasteiger partial charge in [0.05, 0.1) is 0 Å². The van der Waals surface area contributed by atoms with Crippen molar-refractivity contribution in [1.29, 1.82) is 0 Å². The van der Waals surface area contributed by atoms with Crippen LogP contribution < -0.4 is 10.6 Å². The molecule has 2 N–H and O–H groups in total. The minimum Gasteiger partial charge on any atom is -0.353 e. The van der Waals surface area contributed by atoms with Crippen molar-refractivity contribution >= 4 is 5.91 Å². The summed E-state index contributed by atoms with van der Waals surface area (Å²) >= 11 is 0. The van der Waals surface area contributed by atoms with Gasteiger partial charge in [0.1, 0.15) is 0 Å². The maximum Gasteiger partial charge on any atom is 0.223 e. The molecular weight excluding hydrogens is 224 g/mol. The second-order valence-electron chi connectivity index (χ2n) is 6.54. The average Bonchev–Trinajstić information content (AvgIpc) is 2.99. The number of hydrogen-bond acceptors (Lipinski definition) is 2. The van der Waals surface area contributed by atoms with E-state index in [1.165, 1.54) is 32.1 Å². The fourth-order valence-electron chi connectivity index (χ4n) is 3.98. The van der Waals surface area contributed by atoms with Crippen LogP contribution in [0.1, 0.15) is 51.9 Å². The molecular formula is C15H26N2O. The van der Waals surface area contributed by atoms with Gasteiger partial charge in [-0.2, -0.15) is 0 Å². The number of amides is 1. The fraction of sp³-hybridized carbons (Fsp3) is 0.933. The normalized spacial score (nSPS) is 42.4. The van der Waals surface area contributed by atoms with Crippen molar-refractivity contribution < 1.29 is 4.79 Å². The lowest BCUT2D eigenvalue weighted by molar-refractivity contribution is -0.126. The van der Waals surface area contributed by atoms with Crippen molar-refractivity contribution in [1.82, 2.24) is 10.6 Å². The summed E-state index contributed by atoms with van der Waals surface area (Å²) in [6.07, 6.45) is 8.49. The van der Waals surface area contributed by atoms with Crippen LogP contribution in [-0.2, 0) is 4.79 Å². The van der Waals surface area contributed by atoms with Crippen LogP contribution in [0.25, 0.3) is 0 Å². The molecule has 3 nitrogen and oxygen atoms in total. The van der Waals surface area contributed by atoms with Crippen molar-refractivity contribution in [2.45, 2.75) is 64.0 Å². The molecule has 0 aliphatic heterocycles. The smallest absolute Gasteiger partial charge is 0.223 e. The molecule has 0 spiro atoms. The highest BCUT2D eigenvalue weighted by Gasteiger charge is 2.48. The van der Waals surface area contributed by atoms with Crippen molar-refractivity contribution in [3.63, 3.8) is 0 Å². The third-order valence-electron chi connectivity index (χ3n) is 5.18. The molecule has 0 aromatic carbocycles. The Bertz CT molecular complexity index is 300. The number of fused-ring (bicyclic) bond motifs is 1. The predicted octanol–water partition coefficient (Wildman–Crippen LogP) is 2.07. The van der Waals surface area contributed by atoms with E-state index in [0.717, 1.165) is 31.2 Å². The van der Waals surface area contributed by atoms with E-state index in [2.05, 4.69) is 17.6 Å². The zero-order valence-electron chi connectivity index (χ0n) is 11.5. The molecule has 0 aromatic rings. The van der Waals surface area contributed by atoms with Gasteiger partial charge < -0.3 is 10.6 Å². The zero-order valence-corrected chi connectivity index (χ0v) is 11.5. The van der Waals surface area contributed by atoms with E-state index >= 15 is 0 Å². The summed E-state index contributed by atoms with van der Waals surface area (Å²) in [5.74, 6) is 2.52. The summed E-state index contributed by atoms with van der Waals surface area (Å²) in [5.41, 5.74) is 0. The van der Waals surface area contributed by atoms with Crippen LogP contribution >= 0.6 is 0 Å². The quantitative estimate of drug-likeness (QED) is 0.802. The Morgan fingerprint density at radius 1 is 1.00 bits per heavy atom. The monoisotopic (exact) mass is 250 g/mol. The maximum atomic E-state index is 12.2. The lowest BCUT2D eigenvalue weighted by atomic mass is 9.90. The molecule has 3 saturated carbocycles. The van der Waals surface area contributed by atoms with E-state index in [-0.39, 0.29) is 0 Å². The first-order chi connectivity index (χ1) is 8.76. The van der Waals surface area contributed by atoms with Crippen molar-refractivity contribution in [2.24, 2.45) is 17.8 Å². The lowest BCUT2D eigenvalue weighted by Crippen LogP contribution is -2.43. The van der Waals surface area contributed by atoms with Crippen molar-refractivity contribution in [2.75, 3.05) is 6.54 Å². The van der Waals surface area contributed by atoms with Gasteiger partial charge in [-0.15, -0.1) is 0 Å². The van der Waals surface area contributed by atoms with E-state index in [1.807, 2.05) is 0 Å².